The monoisotopic (exact) mass is 285 g/mol. The quantitative estimate of drug-likeness (QED) is 0.837. The predicted octanol–water partition coefficient (Wildman–Crippen LogP) is 3.70. The van der Waals surface area contributed by atoms with E-state index >= 15 is 0 Å². The van der Waals surface area contributed by atoms with Crippen molar-refractivity contribution in [2.45, 2.75) is 44.8 Å². The summed E-state index contributed by atoms with van der Waals surface area (Å²) in [6, 6.07) is 0. The molecule has 1 aromatic rings. The van der Waals surface area contributed by atoms with Crippen molar-refractivity contribution in [1.29, 1.82) is 0 Å². The minimum atomic E-state index is 0.579. The molecule has 0 bridgehead atoms. The maximum absolute atomic E-state index is 6.15. The van der Waals surface area contributed by atoms with Crippen molar-refractivity contribution in [3.8, 4) is 0 Å². The van der Waals surface area contributed by atoms with Crippen LogP contribution in [0.15, 0.2) is 0 Å². The highest BCUT2D eigenvalue weighted by Crippen LogP contribution is 2.27. The molecule has 3 nitrogen and oxygen atoms in total. The van der Waals surface area contributed by atoms with Gasteiger partial charge < -0.3 is 5.32 Å². The number of nitrogens with zero attached hydrogens (tertiary/aromatic N) is 2. The van der Waals surface area contributed by atoms with Gasteiger partial charge in [0.15, 0.2) is 0 Å². The molecule has 0 amide bonds. The van der Waals surface area contributed by atoms with Crippen molar-refractivity contribution in [3.05, 3.63) is 16.5 Å². The van der Waals surface area contributed by atoms with Gasteiger partial charge in [0.05, 0.1) is 0 Å². The first-order valence-electron chi connectivity index (χ1n) is 6.59. The van der Waals surface area contributed by atoms with E-state index in [1.165, 1.54) is 18.6 Å². The summed E-state index contributed by atoms with van der Waals surface area (Å²) in [6.45, 7) is 5.08. The molecule has 1 atom stereocenters. The van der Waals surface area contributed by atoms with E-state index in [9.17, 15) is 0 Å². The summed E-state index contributed by atoms with van der Waals surface area (Å²) in [6.07, 6.45) is 4.56. The zero-order valence-corrected chi connectivity index (χ0v) is 12.6. The second kappa shape index (κ2) is 6.62. The van der Waals surface area contributed by atoms with Crippen LogP contribution in [0.2, 0.25) is 5.15 Å². The number of hydrogen-bond acceptors (Lipinski definition) is 4. The minimum Gasteiger partial charge on any atom is -0.369 e. The highest BCUT2D eigenvalue weighted by atomic mass is 35.5. The minimum absolute atomic E-state index is 0.579. The summed E-state index contributed by atoms with van der Waals surface area (Å²) in [5.41, 5.74) is 0.958. The molecule has 2 heterocycles. The Bertz CT molecular complexity index is 405. The van der Waals surface area contributed by atoms with Crippen molar-refractivity contribution in [2.24, 2.45) is 0 Å². The summed E-state index contributed by atoms with van der Waals surface area (Å²) in [4.78, 5) is 8.88. The van der Waals surface area contributed by atoms with Crippen molar-refractivity contribution in [1.82, 2.24) is 9.97 Å². The molecule has 1 aliphatic rings. The van der Waals surface area contributed by atoms with Crippen molar-refractivity contribution in [2.75, 3.05) is 17.6 Å². The van der Waals surface area contributed by atoms with E-state index in [0.717, 1.165) is 36.6 Å². The third-order valence-corrected chi connectivity index (χ3v) is 4.89. The van der Waals surface area contributed by atoms with E-state index in [0.29, 0.717) is 10.4 Å². The van der Waals surface area contributed by atoms with Gasteiger partial charge in [-0.2, -0.15) is 11.8 Å². The van der Waals surface area contributed by atoms with Crippen LogP contribution in [0.1, 0.15) is 37.6 Å². The van der Waals surface area contributed by atoms with E-state index in [-0.39, 0.29) is 0 Å². The second-order valence-corrected chi connectivity index (χ2v) is 6.44. The third-order valence-electron chi connectivity index (χ3n) is 3.13. The standard InChI is InChI=1S/C13H20ClN3S/c1-3-5-11-16-12(14)9(2)13(17-11)15-8-10-6-4-7-18-10/h10H,3-8H2,1-2H3,(H,15,16,17). The summed E-state index contributed by atoms with van der Waals surface area (Å²) in [5, 5.41) is 4.73. The largest absolute Gasteiger partial charge is 0.369 e. The highest BCUT2D eigenvalue weighted by Gasteiger charge is 2.16. The zero-order chi connectivity index (χ0) is 13.0. The average Bonchev–Trinajstić information content (AvgIpc) is 2.85. The Morgan fingerprint density at radius 2 is 2.28 bits per heavy atom. The fourth-order valence-electron chi connectivity index (χ4n) is 2.06. The molecular formula is C13H20ClN3S. The SMILES string of the molecule is CCCc1nc(Cl)c(C)c(NCC2CCCS2)n1. The van der Waals surface area contributed by atoms with Gasteiger partial charge in [-0.1, -0.05) is 18.5 Å². The maximum Gasteiger partial charge on any atom is 0.137 e. The summed E-state index contributed by atoms with van der Waals surface area (Å²) >= 11 is 8.20. The van der Waals surface area contributed by atoms with Gasteiger partial charge in [-0.15, -0.1) is 0 Å². The lowest BCUT2D eigenvalue weighted by molar-refractivity contribution is 0.795. The number of rotatable bonds is 5. The number of halogens is 1. The molecule has 0 aliphatic carbocycles. The lowest BCUT2D eigenvalue weighted by Crippen LogP contribution is -2.16. The van der Waals surface area contributed by atoms with Gasteiger partial charge in [-0.25, -0.2) is 9.97 Å². The molecule has 1 unspecified atom stereocenters. The van der Waals surface area contributed by atoms with E-state index < -0.39 is 0 Å². The first-order chi connectivity index (χ1) is 8.70. The summed E-state index contributed by atoms with van der Waals surface area (Å²) in [7, 11) is 0. The van der Waals surface area contributed by atoms with Crippen LogP contribution in [-0.4, -0.2) is 27.5 Å². The number of hydrogen-bond donors (Lipinski definition) is 1. The molecule has 1 aliphatic heterocycles. The van der Waals surface area contributed by atoms with Crippen molar-refractivity contribution >= 4 is 29.2 Å². The smallest absolute Gasteiger partial charge is 0.137 e. The third kappa shape index (κ3) is 3.51. The topological polar surface area (TPSA) is 37.8 Å². The van der Waals surface area contributed by atoms with Crippen LogP contribution >= 0.6 is 23.4 Å². The lowest BCUT2D eigenvalue weighted by Gasteiger charge is -2.14. The molecule has 2 rings (SSSR count). The average molecular weight is 286 g/mol. The molecule has 1 saturated heterocycles. The molecule has 18 heavy (non-hydrogen) atoms. The number of anilines is 1. The van der Waals surface area contributed by atoms with Gasteiger partial charge in [0.25, 0.3) is 0 Å². The Morgan fingerprint density at radius 1 is 1.44 bits per heavy atom. The van der Waals surface area contributed by atoms with Gasteiger partial charge in [0.2, 0.25) is 0 Å². The Hall–Kier alpha value is -0.480. The van der Waals surface area contributed by atoms with Crippen LogP contribution in [0.25, 0.3) is 0 Å². The van der Waals surface area contributed by atoms with E-state index in [2.05, 4.69) is 22.2 Å². The molecular weight excluding hydrogens is 266 g/mol. The Balaban J connectivity index is 2.05. The molecule has 0 radical (unpaired) electrons. The first kappa shape index (κ1) is 13.9. The molecule has 1 aromatic heterocycles. The molecule has 0 spiro atoms. The molecule has 1 fully saturated rings. The number of nitrogens with one attached hydrogen (secondary N) is 1. The molecule has 100 valence electrons. The highest BCUT2D eigenvalue weighted by molar-refractivity contribution is 8.00. The van der Waals surface area contributed by atoms with E-state index in [1.807, 2.05) is 18.7 Å². The molecule has 5 heteroatoms. The Kier molecular flexibility index (Phi) is 5.13. The van der Waals surface area contributed by atoms with Crippen molar-refractivity contribution in [3.63, 3.8) is 0 Å². The van der Waals surface area contributed by atoms with Gasteiger partial charge in [0, 0.05) is 23.8 Å². The zero-order valence-electron chi connectivity index (χ0n) is 11.0. The van der Waals surface area contributed by atoms with Gasteiger partial charge in [-0.3, -0.25) is 0 Å². The van der Waals surface area contributed by atoms with Crippen LogP contribution in [0.3, 0.4) is 0 Å². The van der Waals surface area contributed by atoms with Crippen LogP contribution < -0.4 is 5.32 Å². The summed E-state index contributed by atoms with van der Waals surface area (Å²) < 4.78 is 0. The maximum atomic E-state index is 6.15. The number of aryl methyl sites for hydroxylation is 1. The Labute approximate surface area is 118 Å². The van der Waals surface area contributed by atoms with Crippen molar-refractivity contribution < 1.29 is 0 Å². The first-order valence-corrected chi connectivity index (χ1v) is 8.02. The van der Waals surface area contributed by atoms with Crippen LogP contribution in [0.4, 0.5) is 5.82 Å². The lowest BCUT2D eigenvalue weighted by atomic mass is 10.2. The number of aromatic nitrogens is 2. The molecule has 0 aromatic carbocycles. The number of thioether (sulfide) groups is 1. The predicted molar refractivity (Wildman–Crippen MR) is 79.7 cm³/mol. The fourth-order valence-corrected chi connectivity index (χ4v) is 3.44. The Morgan fingerprint density at radius 3 is 2.94 bits per heavy atom. The normalized spacial score (nSPS) is 19.2. The van der Waals surface area contributed by atoms with Crippen LogP contribution in [0, 0.1) is 6.92 Å². The van der Waals surface area contributed by atoms with Crippen LogP contribution in [0.5, 0.6) is 0 Å². The van der Waals surface area contributed by atoms with Gasteiger partial charge in [0.1, 0.15) is 16.8 Å². The second-order valence-electron chi connectivity index (χ2n) is 4.67. The van der Waals surface area contributed by atoms with Gasteiger partial charge in [-0.05, 0) is 31.9 Å². The van der Waals surface area contributed by atoms with E-state index in [1.54, 1.807) is 0 Å². The molecule has 1 N–H and O–H groups in total. The fraction of sp³-hybridized carbons (Fsp3) is 0.692. The summed E-state index contributed by atoms with van der Waals surface area (Å²) in [5.74, 6) is 3.04. The van der Waals surface area contributed by atoms with E-state index in [4.69, 9.17) is 11.6 Å². The molecule has 0 saturated carbocycles. The van der Waals surface area contributed by atoms with Gasteiger partial charge >= 0.3 is 0 Å². The van der Waals surface area contributed by atoms with Crippen LogP contribution in [-0.2, 0) is 6.42 Å².